The van der Waals surface area contributed by atoms with E-state index in [-0.39, 0.29) is 5.41 Å². The van der Waals surface area contributed by atoms with Gasteiger partial charge in [-0.2, -0.15) is 5.26 Å². The second-order valence-electron chi connectivity index (χ2n) is 6.00. The van der Waals surface area contributed by atoms with Crippen LogP contribution in [0, 0.1) is 36.5 Å². The van der Waals surface area contributed by atoms with E-state index < -0.39 is 0 Å². The van der Waals surface area contributed by atoms with Gasteiger partial charge in [0, 0.05) is 0 Å². The Morgan fingerprint density at radius 1 is 1.33 bits per heavy atom. The minimum absolute atomic E-state index is 0.0949. The van der Waals surface area contributed by atoms with Crippen molar-refractivity contribution in [2.24, 2.45) is 11.3 Å². The Morgan fingerprint density at radius 2 is 2.11 bits per heavy atom. The molecule has 18 heavy (non-hydrogen) atoms. The van der Waals surface area contributed by atoms with Crippen molar-refractivity contribution in [1.29, 1.82) is 5.26 Å². The zero-order valence-corrected chi connectivity index (χ0v) is 11.8. The number of aryl methyl sites for hydroxylation is 2. The highest BCUT2D eigenvalue weighted by molar-refractivity contribution is 5.31. The van der Waals surface area contributed by atoms with E-state index in [9.17, 15) is 5.26 Å². The molecule has 1 fully saturated rings. The molecule has 2 unspecified atom stereocenters. The molecule has 2 rings (SSSR count). The fourth-order valence-corrected chi connectivity index (χ4v) is 3.19. The van der Waals surface area contributed by atoms with Gasteiger partial charge in [0.15, 0.2) is 0 Å². The van der Waals surface area contributed by atoms with E-state index in [1.54, 1.807) is 0 Å². The molecule has 1 aliphatic rings. The van der Waals surface area contributed by atoms with Crippen molar-refractivity contribution < 1.29 is 0 Å². The summed E-state index contributed by atoms with van der Waals surface area (Å²) in [6.45, 7) is 6.54. The minimum atomic E-state index is -0.0949. The van der Waals surface area contributed by atoms with Crippen LogP contribution in [-0.2, 0) is 6.42 Å². The molecule has 1 aromatic rings. The third kappa shape index (κ3) is 2.58. The van der Waals surface area contributed by atoms with Crippen LogP contribution >= 0.6 is 0 Å². The summed E-state index contributed by atoms with van der Waals surface area (Å²) >= 11 is 0. The van der Waals surface area contributed by atoms with Crippen molar-refractivity contribution in [2.75, 3.05) is 0 Å². The average Bonchev–Trinajstić information content (AvgIpc) is 2.78. The first-order valence-corrected chi connectivity index (χ1v) is 7.06. The van der Waals surface area contributed by atoms with Crippen LogP contribution in [-0.4, -0.2) is 0 Å². The first-order chi connectivity index (χ1) is 8.58. The molecular weight excluding hydrogens is 218 g/mol. The maximum atomic E-state index is 9.57. The maximum absolute atomic E-state index is 9.57. The maximum Gasteiger partial charge on any atom is 0.0693 e. The standard InChI is InChI=1S/C17H23N/c1-4-15-7-8-17(10-15,12-18)11-16-6-5-13(2)14(3)9-16/h5-6,9,15H,4,7-8,10-11H2,1-3H3. The van der Waals surface area contributed by atoms with Gasteiger partial charge in [0.1, 0.15) is 0 Å². The SMILES string of the molecule is CCC1CCC(C#N)(Cc2ccc(C)c(C)c2)C1. The monoisotopic (exact) mass is 241 g/mol. The molecular formula is C17H23N. The number of hydrogen-bond donors (Lipinski definition) is 0. The molecule has 0 bridgehead atoms. The Kier molecular flexibility index (Phi) is 3.76. The van der Waals surface area contributed by atoms with Crippen LogP contribution in [0.1, 0.15) is 49.3 Å². The molecule has 0 saturated heterocycles. The highest BCUT2D eigenvalue weighted by Crippen LogP contribution is 2.45. The summed E-state index contributed by atoms with van der Waals surface area (Å²) in [7, 11) is 0. The van der Waals surface area contributed by atoms with Gasteiger partial charge in [-0.3, -0.25) is 0 Å². The zero-order valence-electron chi connectivity index (χ0n) is 11.8. The van der Waals surface area contributed by atoms with Crippen molar-refractivity contribution in [2.45, 2.75) is 52.9 Å². The number of nitriles is 1. The van der Waals surface area contributed by atoms with Gasteiger partial charge in [0.05, 0.1) is 11.5 Å². The minimum Gasteiger partial charge on any atom is -0.198 e. The van der Waals surface area contributed by atoms with E-state index in [0.717, 1.165) is 25.2 Å². The van der Waals surface area contributed by atoms with Gasteiger partial charge >= 0.3 is 0 Å². The molecule has 1 heteroatoms. The normalized spacial score (nSPS) is 27.1. The fourth-order valence-electron chi connectivity index (χ4n) is 3.19. The Balaban J connectivity index is 2.16. The summed E-state index contributed by atoms with van der Waals surface area (Å²) in [5, 5.41) is 9.57. The highest BCUT2D eigenvalue weighted by Gasteiger charge is 2.38. The molecule has 0 amide bonds. The van der Waals surface area contributed by atoms with Crippen LogP contribution in [0.3, 0.4) is 0 Å². The Hall–Kier alpha value is -1.29. The van der Waals surface area contributed by atoms with Crippen molar-refractivity contribution in [1.82, 2.24) is 0 Å². The second kappa shape index (κ2) is 5.14. The smallest absolute Gasteiger partial charge is 0.0693 e. The summed E-state index contributed by atoms with van der Waals surface area (Å²) in [6, 6.07) is 9.26. The Labute approximate surface area is 111 Å². The van der Waals surface area contributed by atoms with E-state index in [0.29, 0.717) is 0 Å². The molecule has 0 aliphatic heterocycles. The molecule has 96 valence electrons. The van der Waals surface area contributed by atoms with Gasteiger partial charge < -0.3 is 0 Å². The van der Waals surface area contributed by atoms with Gasteiger partial charge in [-0.25, -0.2) is 0 Å². The van der Waals surface area contributed by atoms with Gasteiger partial charge in [-0.05, 0) is 62.1 Å². The van der Waals surface area contributed by atoms with E-state index in [1.807, 2.05) is 0 Å². The Bertz CT molecular complexity index is 469. The van der Waals surface area contributed by atoms with Gasteiger partial charge in [0.25, 0.3) is 0 Å². The van der Waals surface area contributed by atoms with Crippen molar-refractivity contribution in [3.63, 3.8) is 0 Å². The molecule has 1 aromatic carbocycles. The topological polar surface area (TPSA) is 23.8 Å². The molecule has 0 heterocycles. The van der Waals surface area contributed by atoms with Crippen LogP contribution in [0.2, 0.25) is 0 Å². The molecule has 0 aromatic heterocycles. The molecule has 0 spiro atoms. The van der Waals surface area contributed by atoms with Gasteiger partial charge in [0.2, 0.25) is 0 Å². The number of hydrogen-bond acceptors (Lipinski definition) is 1. The highest BCUT2D eigenvalue weighted by atomic mass is 14.4. The van der Waals surface area contributed by atoms with Crippen LogP contribution in [0.25, 0.3) is 0 Å². The van der Waals surface area contributed by atoms with E-state index in [1.165, 1.54) is 29.5 Å². The summed E-state index contributed by atoms with van der Waals surface area (Å²) in [5.41, 5.74) is 3.91. The summed E-state index contributed by atoms with van der Waals surface area (Å²) in [5.74, 6) is 0.760. The lowest BCUT2D eigenvalue weighted by molar-refractivity contribution is 0.381. The first-order valence-electron chi connectivity index (χ1n) is 7.06. The summed E-state index contributed by atoms with van der Waals surface area (Å²) < 4.78 is 0. The first kappa shape index (κ1) is 13.1. The van der Waals surface area contributed by atoms with Crippen molar-refractivity contribution in [3.05, 3.63) is 34.9 Å². The number of rotatable bonds is 3. The predicted molar refractivity (Wildman–Crippen MR) is 75.3 cm³/mol. The summed E-state index contributed by atoms with van der Waals surface area (Å²) in [6.07, 6.45) is 5.55. The molecule has 1 aliphatic carbocycles. The molecule has 1 saturated carbocycles. The third-order valence-electron chi connectivity index (χ3n) is 4.64. The van der Waals surface area contributed by atoms with Crippen molar-refractivity contribution in [3.8, 4) is 6.07 Å². The van der Waals surface area contributed by atoms with Crippen LogP contribution in [0.5, 0.6) is 0 Å². The number of nitrogens with zero attached hydrogens (tertiary/aromatic N) is 1. The lowest BCUT2D eigenvalue weighted by Crippen LogP contribution is -2.18. The predicted octanol–water partition coefficient (Wildman–Crippen LogP) is 4.57. The second-order valence-corrected chi connectivity index (χ2v) is 6.00. The molecule has 0 radical (unpaired) electrons. The van der Waals surface area contributed by atoms with Gasteiger partial charge in [-0.15, -0.1) is 0 Å². The zero-order chi connectivity index (χ0) is 13.2. The number of benzene rings is 1. The lowest BCUT2D eigenvalue weighted by Gasteiger charge is -2.21. The lowest BCUT2D eigenvalue weighted by atomic mass is 9.80. The molecule has 2 atom stereocenters. The fraction of sp³-hybridized carbons (Fsp3) is 0.588. The van der Waals surface area contributed by atoms with Crippen LogP contribution in [0.4, 0.5) is 0 Å². The molecule has 0 N–H and O–H groups in total. The average molecular weight is 241 g/mol. The van der Waals surface area contributed by atoms with Crippen LogP contribution < -0.4 is 0 Å². The summed E-state index contributed by atoms with van der Waals surface area (Å²) in [4.78, 5) is 0. The van der Waals surface area contributed by atoms with Gasteiger partial charge in [-0.1, -0.05) is 31.5 Å². The van der Waals surface area contributed by atoms with E-state index in [2.05, 4.69) is 45.0 Å². The van der Waals surface area contributed by atoms with E-state index >= 15 is 0 Å². The van der Waals surface area contributed by atoms with Crippen molar-refractivity contribution >= 4 is 0 Å². The van der Waals surface area contributed by atoms with Crippen LogP contribution in [0.15, 0.2) is 18.2 Å². The molecule has 1 nitrogen and oxygen atoms in total. The third-order valence-corrected chi connectivity index (χ3v) is 4.64. The van der Waals surface area contributed by atoms with E-state index in [4.69, 9.17) is 0 Å². The largest absolute Gasteiger partial charge is 0.198 e. The Morgan fingerprint density at radius 3 is 2.67 bits per heavy atom. The quantitative estimate of drug-likeness (QED) is 0.760.